The van der Waals surface area contributed by atoms with Gasteiger partial charge in [0.1, 0.15) is 0 Å². The number of aryl methyl sites for hydroxylation is 1. The summed E-state index contributed by atoms with van der Waals surface area (Å²) in [5.41, 5.74) is 7.72. The van der Waals surface area contributed by atoms with Gasteiger partial charge in [-0.2, -0.15) is 0 Å². The van der Waals surface area contributed by atoms with E-state index in [1.165, 1.54) is 44.6 Å². The van der Waals surface area contributed by atoms with Gasteiger partial charge in [0, 0.05) is 44.3 Å². The number of hydrogen-bond donors (Lipinski definition) is 1. The molecule has 0 radical (unpaired) electrons. The first-order valence-electron chi connectivity index (χ1n) is 8.44. The summed E-state index contributed by atoms with van der Waals surface area (Å²) in [6.07, 6.45) is 5.11. The number of rotatable bonds is 6. The molecule has 1 saturated carbocycles. The van der Waals surface area contributed by atoms with Gasteiger partial charge in [-0.1, -0.05) is 30.3 Å². The molecule has 0 aromatic heterocycles. The van der Waals surface area contributed by atoms with E-state index in [0.29, 0.717) is 0 Å². The number of nitrogens with zero attached hydrogens (tertiary/aromatic N) is 2. The highest BCUT2D eigenvalue weighted by Gasteiger charge is 2.36. The smallest absolute Gasteiger partial charge is 0.0307 e. The van der Waals surface area contributed by atoms with E-state index in [0.717, 1.165) is 25.4 Å². The first-order valence-corrected chi connectivity index (χ1v) is 8.44. The normalized spacial score (nSPS) is 23.9. The molecule has 1 atom stereocenters. The summed E-state index contributed by atoms with van der Waals surface area (Å²) >= 11 is 0. The number of nitrogens with two attached hydrogens (primary N) is 1. The standard InChI is InChI=1S/C18H29N3/c1-18(15-19,10-9-16-5-3-2-4-6-16)21-13-11-20(12-14-21)17-7-8-17/h2-6,17H,7-15,19H2,1H3. The van der Waals surface area contributed by atoms with E-state index in [2.05, 4.69) is 47.1 Å². The summed E-state index contributed by atoms with van der Waals surface area (Å²) in [7, 11) is 0. The van der Waals surface area contributed by atoms with E-state index in [-0.39, 0.29) is 5.54 Å². The summed E-state index contributed by atoms with van der Waals surface area (Å²) < 4.78 is 0. The van der Waals surface area contributed by atoms with Crippen LogP contribution in [0.4, 0.5) is 0 Å². The Balaban J connectivity index is 1.55. The van der Waals surface area contributed by atoms with E-state index in [1.807, 2.05) is 0 Å². The molecule has 116 valence electrons. The predicted octanol–water partition coefficient (Wildman–Crippen LogP) is 2.12. The van der Waals surface area contributed by atoms with Crippen LogP contribution in [-0.4, -0.2) is 54.1 Å². The minimum absolute atomic E-state index is 0.144. The molecule has 3 heteroatoms. The molecule has 21 heavy (non-hydrogen) atoms. The Kier molecular flexibility index (Phi) is 4.63. The molecule has 3 rings (SSSR count). The van der Waals surface area contributed by atoms with Crippen molar-refractivity contribution in [1.29, 1.82) is 0 Å². The maximum absolute atomic E-state index is 6.15. The van der Waals surface area contributed by atoms with Crippen molar-refractivity contribution in [2.75, 3.05) is 32.7 Å². The second kappa shape index (κ2) is 6.47. The number of piperazine rings is 1. The van der Waals surface area contributed by atoms with E-state index in [9.17, 15) is 0 Å². The molecule has 1 aromatic carbocycles. The molecule has 1 saturated heterocycles. The van der Waals surface area contributed by atoms with Crippen LogP contribution in [0, 0.1) is 0 Å². The molecule has 0 bridgehead atoms. The lowest BCUT2D eigenvalue weighted by atomic mass is 9.90. The molecule has 2 N–H and O–H groups in total. The van der Waals surface area contributed by atoms with E-state index >= 15 is 0 Å². The largest absolute Gasteiger partial charge is 0.329 e. The molecule has 1 heterocycles. The Morgan fingerprint density at radius 3 is 2.33 bits per heavy atom. The molecule has 0 amide bonds. The monoisotopic (exact) mass is 287 g/mol. The van der Waals surface area contributed by atoms with Crippen molar-refractivity contribution < 1.29 is 0 Å². The summed E-state index contributed by atoms with van der Waals surface area (Å²) in [6.45, 7) is 7.92. The summed E-state index contributed by atoms with van der Waals surface area (Å²) in [5, 5.41) is 0. The molecule has 0 spiro atoms. The van der Waals surface area contributed by atoms with Crippen LogP contribution in [0.3, 0.4) is 0 Å². The predicted molar refractivity (Wildman–Crippen MR) is 88.4 cm³/mol. The highest BCUT2D eigenvalue weighted by molar-refractivity contribution is 5.15. The molecule has 1 aliphatic heterocycles. The summed E-state index contributed by atoms with van der Waals surface area (Å²) in [4.78, 5) is 5.31. The molecule has 1 aliphatic carbocycles. The van der Waals surface area contributed by atoms with Crippen LogP contribution in [0.1, 0.15) is 31.7 Å². The van der Waals surface area contributed by atoms with Gasteiger partial charge in [-0.05, 0) is 38.2 Å². The Morgan fingerprint density at radius 2 is 1.76 bits per heavy atom. The molecule has 2 fully saturated rings. The van der Waals surface area contributed by atoms with Crippen LogP contribution in [0.2, 0.25) is 0 Å². The van der Waals surface area contributed by atoms with E-state index < -0.39 is 0 Å². The molecular formula is C18H29N3. The minimum Gasteiger partial charge on any atom is -0.329 e. The fourth-order valence-electron chi connectivity index (χ4n) is 3.51. The highest BCUT2D eigenvalue weighted by atomic mass is 15.3. The molecule has 1 aromatic rings. The fourth-order valence-corrected chi connectivity index (χ4v) is 3.51. The maximum atomic E-state index is 6.15. The Hall–Kier alpha value is -0.900. The van der Waals surface area contributed by atoms with Gasteiger partial charge in [0.15, 0.2) is 0 Å². The number of hydrogen-bond acceptors (Lipinski definition) is 3. The lowest BCUT2D eigenvalue weighted by Crippen LogP contribution is -2.59. The van der Waals surface area contributed by atoms with E-state index in [1.54, 1.807) is 0 Å². The van der Waals surface area contributed by atoms with Crippen molar-refractivity contribution in [2.45, 2.75) is 44.2 Å². The second-order valence-corrected chi connectivity index (χ2v) is 6.94. The van der Waals surface area contributed by atoms with E-state index in [4.69, 9.17) is 5.73 Å². The van der Waals surface area contributed by atoms with Crippen molar-refractivity contribution >= 4 is 0 Å². The van der Waals surface area contributed by atoms with Gasteiger partial charge < -0.3 is 5.73 Å². The third-order valence-electron chi connectivity index (χ3n) is 5.38. The van der Waals surface area contributed by atoms with Crippen LogP contribution >= 0.6 is 0 Å². The van der Waals surface area contributed by atoms with Gasteiger partial charge >= 0.3 is 0 Å². The molecular weight excluding hydrogens is 258 g/mol. The van der Waals surface area contributed by atoms with Crippen LogP contribution in [0.15, 0.2) is 30.3 Å². The van der Waals surface area contributed by atoms with Crippen molar-refractivity contribution in [1.82, 2.24) is 9.80 Å². The first-order chi connectivity index (χ1) is 10.2. The first kappa shape index (κ1) is 15.0. The SMILES string of the molecule is CC(CN)(CCc1ccccc1)N1CCN(C2CC2)CC1. The van der Waals surface area contributed by atoms with Gasteiger partial charge in [0.25, 0.3) is 0 Å². The highest BCUT2D eigenvalue weighted by Crippen LogP contribution is 2.29. The lowest BCUT2D eigenvalue weighted by molar-refractivity contribution is 0.0387. The van der Waals surface area contributed by atoms with Crippen molar-refractivity contribution in [3.63, 3.8) is 0 Å². The fraction of sp³-hybridized carbons (Fsp3) is 0.667. The summed E-state index contributed by atoms with van der Waals surface area (Å²) in [5.74, 6) is 0. The molecule has 2 aliphatic rings. The Morgan fingerprint density at radius 1 is 1.10 bits per heavy atom. The topological polar surface area (TPSA) is 32.5 Å². The van der Waals surface area contributed by atoms with Gasteiger partial charge in [0.2, 0.25) is 0 Å². The van der Waals surface area contributed by atoms with Crippen LogP contribution in [-0.2, 0) is 6.42 Å². The zero-order valence-electron chi connectivity index (χ0n) is 13.3. The zero-order valence-corrected chi connectivity index (χ0v) is 13.3. The average Bonchev–Trinajstić information content (AvgIpc) is 3.39. The quantitative estimate of drug-likeness (QED) is 0.870. The van der Waals surface area contributed by atoms with Crippen LogP contribution in [0.25, 0.3) is 0 Å². The third-order valence-corrected chi connectivity index (χ3v) is 5.38. The molecule has 1 unspecified atom stereocenters. The van der Waals surface area contributed by atoms with Gasteiger partial charge in [-0.15, -0.1) is 0 Å². The third kappa shape index (κ3) is 3.65. The number of benzene rings is 1. The zero-order chi connectivity index (χ0) is 14.7. The lowest BCUT2D eigenvalue weighted by Gasteiger charge is -2.46. The maximum Gasteiger partial charge on any atom is 0.0307 e. The van der Waals surface area contributed by atoms with Crippen molar-refractivity contribution in [3.8, 4) is 0 Å². The molecule has 3 nitrogen and oxygen atoms in total. The summed E-state index contributed by atoms with van der Waals surface area (Å²) in [6, 6.07) is 11.7. The Bertz CT molecular complexity index is 435. The van der Waals surface area contributed by atoms with Crippen LogP contribution < -0.4 is 5.73 Å². The Labute approximate surface area is 129 Å². The van der Waals surface area contributed by atoms with Crippen LogP contribution in [0.5, 0.6) is 0 Å². The second-order valence-electron chi connectivity index (χ2n) is 6.94. The van der Waals surface area contributed by atoms with Crippen molar-refractivity contribution in [3.05, 3.63) is 35.9 Å². The van der Waals surface area contributed by atoms with Gasteiger partial charge in [-0.3, -0.25) is 9.80 Å². The van der Waals surface area contributed by atoms with Gasteiger partial charge in [-0.25, -0.2) is 0 Å². The van der Waals surface area contributed by atoms with Crippen molar-refractivity contribution in [2.24, 2.45) is 5.73 Å². The minimum atomic E-state index is 0.144. The van der Waals surface area contributed by atoms with Gasteiger partial charge in [0.05, 0.1) is 0 Å². The average molecular weight is 287 g/mol.